The molecule has 1 aromatic carbocycles. The van der Waals surface area contributed by atoms with Gasteiger partial charge in [-0.3, -0.25) is 0 Å². The Bertz CT molecular complexity index is 522. The van der Waals surface area contributed by atoms with Gasteiger partial charge in [0.15, 0.2) is 0 Å². The van der Waals surface area contributed by atoms with E-state index in [0.29, 0.717) is 12.8 Å². The number of carbonyl (C=O) groups excluding carboxylic acids is 2. The number of benzene rings is 1. The average molecular weight is 324 g/mol. The maximum Gasteiger partial charge on any atom is 0.342 e. The third-order valence-electron chi connectivity index (χ3n) is 3.38. The van der Waals surface area contributed by atoms with Crippen LogP contribution in [0.2, 0.25) is 0 Å². The second kappa shape index (κ2) is 9.02. The maximum absolute atomic E-state index is 12.1. The summed E-state index contributed by atoms with van der Waals surface area (Å²) in [6.45, 7) is 5.61. The molecule has 6 nitrogen and oxygen atoms in total. The van der Waals surface area contributed by atoms with Gasteiger partial charge in [-0.25, -0.2) is 9.59 Å². The number of rotatable bonds is 8. The van der Waals surface area contributed by atoms with Gasteiger partial charge in [0, 0.05) is 6.07 Å². The highest BCUT2D eigenvalue weighted by Gasteiger charge is 2.27. The zero-order valence-corrected chi connectivity index (χ0v) is 13.8. The summed E-state index contributed by atoms with van der Waals surface area (Å²) in [7, 11) is 0. The van der Waals surface area contributed by atoms with E-state index in [1.165, 1.54) is 0 Å². The van der Waals surface area contributed by atoms with Crippen molar-refractivity contribution in [1.29, 1.82) is 0 Å². The summed E-state index contributed by atoms with van der Waals surface area (Å²) < 4.78 is 9.92. The van der Waals surface area contributed by atoms with Crippen LogP contribution < -0.4 is 0 Å². The maximum atomic E-state index is 12.1. The molecule has 1 aromatic rings. The first-order chi connectivity index (χ1) is 11.0. The molecule has 0 atom stereocenters. The van der Waals surface area contributed by atoms with Crippen LogP contribution in [0.15, 0.2) is 6.07 Å². The number of hydrogen-bond donors (Lipinski definition) is 2. The Morgan fingerprint density at radius 3 is 1.78 bits per heavy atom. The Kier molecular flexibility index (Phi) is 7.38. The summed E-state index contributed by atoms with van der Waals surface area (Å²) in [6.07, 6.45) is 2.91. The number of ether oxygens (including phenoxy) is 2. The summed E-state index contributed by atoms with van der Waals surface area (Å²) in [5.41, 5.74) is 0.112. The van der Waals surface area contributed by atoms with Crippen LogP contribution in [-0.4, -0.2) is 35.4 Å². The quantitative estimate of drug-likeness (QED) is 0.563. The van der Waals surface area contributed by atoms with Gasteiger partial charge in [-0.2, -0.15) is 0 Å². The van der Waals surface area contributed by atoms with Gasteiger partial charge in [0.05, 0.1) is 13.2 Å². The first-order valence-corrected chi connectivity index (χ1v) is 7.89. The van der Waals surface area contributed by atoms with Crippen molar-refractivity contribution in [2.24, 2.45) is 0 Å². The van der Waals surface area contributed by atoms with Gasteiger partial charge in [0.2, 0.25) is 0 Å². The molecule has 0 aliphatic heterocycles. The first-order valence-electron chi connectivity index (χ1n) is 7.89. The van der Waals surface area contributed by atoms with E-state index in [2.05, 4.69) is 0 Å². The highest BCUT2D eigenvalue weighted by molar-refractivity contribution is 6.02. The molecule has 1 rings (SSSR count). The second-order valence-corrected chi connectivity index (χ2v) is 5.04. The van der Waals surface area contributed by atoms with E-state index in [1.54, 1.807) is 13.8 Å². The molecule has 0 spiro atoms. The Morgan fingerprint density at radius 1 is 0.913 bits per heavy atom. The molecule has 0 radical (unpaired) electrons. The van der Waals surface area contributed by atoms with Crippen molar-refractivity contribution in [3.8, 4) is 11.5 Å². The molecule has 0 unspecified atom stereocenters. The normalized spacial score (nSPS) is 10.4. The molecule has 128 valence electrons. The first kappa shape index (κ1) is 18.8. The van der Waals surface area contributed by atoms with E-state index in [-0.39, 0.29) is 29.9 Å². The number of aromatic hydroxyl groups is 2. The van der Waals surface area contributed by atoms with Crippen LogP contribution in [0.4, 0.5) is 0 Å². The fraction of sp³-hybridized carbons (Fsp3) is 0.529. The van der Waals surface area contributed by atoms with Crippen molar-refractivity contribution in [1.82, 2.24) is 0 Å². The van der Waals surface area contributed by atoms with Crippen molar-refractivity contribution in [2.45, 2.75) is 46.5 Å². The number of phenols is 2. The largest absolute Gasteiger partial charge is 0.507 e. The number of carbonyl (C=O) groups is 2. The van der Waals surface area contributed by atoms with E-state index >= 15 is 0 Å². The van der Waals surface area contributed by atoms with Crippen LogP contribution in [0.3, 0.4) is 0 Å². The molecule has 0 fully saturated rings. The van der Waals surface area contributed by atoms with Crippen LogP contribution in [0, 0.1) is 0 Å². The molecule has 0 aromatic heterocycles. The Morgan fingerprint density at radius 2 is 1.39 bits per heavy atom. The zero-order valence-electron chi connectivity index (χ0n) is 13.8. The number of hydrogen-bond acceptors (Lipinski definition) is 6. The molecule has 0 amide bonds. The van der Waals surface area contributed by atoms with Gasteiger partial charge >= 0.3 is 11.9 Å². The summed E-state index contributed by atoms with van der Waals surface area (Å²) >= 11 is 0. The molecule has 23 heavy (non-hydrogen) atoms. The number of unbranched alkanes of at least 4 members (excludes halogenated alkanes) is 2. The minimum atomic E-state index is -0.720. The molecule has 6 heteroatoms. The van der Waals surface area contributed by atoms with Gasteiger partial charge < -0.3 is 19.7 Å². The monoisotopic (exact) mass is 324 g/mol. The van der Waals surface area contributed by atoms with Gasteiger partial charge in [-0.05, 0) is 32.3 Å². The fourth-order valence-corrected chi connectivity index (χ4v) is 2.37. The van der Waals surface area contributed by atoms with Crippen molar-refractivity contribution in [2.75, 3.05) is 13.2 Å². The van der Waals surface area contributed by atoms with Crippen molar-refractivity contribution in [3.63, 3.8) is 0 Å². The molecule has 2 N–H and O–H groups in total. The van der Waals surface area contributed by atoms with Crippen LogP contribution in [-0.2, 0) is 15.9 Å². The van der Waals surface area contributed by atoms with Crippen molar-refractivity contribution >= 4 is 11.9 Å². The van der Waals surface area contributed by atoms with Gasteiger partial charge in [0.25, 0.3) is 0 Å². The van der Waals surface area contributed by atoms with E-state index in [4.69, 9.17) is 9.47 Å². The predicted octanol–water partition coefficient (Wildman–Crippen LogP) is 3.18. The lowest BCUT2D eigenvalue weighted by Crippen LogP contribution is -2.15. The van der Waals surface area contributed by atoms with Crippen LogP contribution in [0.1, 0.15) is 66.3 Å². The molecule has 0 saturated carbocycles. The summed E-state index contributed by atoms with van der Waals surface area (Å²) in [4.78, 5) is 24.3. The minimum absolute atomic E-state index is 0.0798. The van der Waals surface area contributed by atoms with E-state index in [1.807, 2.05) is 6.92 Å². The molecule has 0 aliphatic rings. The number of phenolic OH excluding ortho intramolecular Hbond substituents is 2. The van der Waals surface area contributed by atoms with E-state index in [9.17, 15) is 19.8 Å². The highest BCUT2D eigenvalue weighted by Crippen LogP contribution is 2.34. The lowest BCUT2D eigenvalue weighted by Gasteiger charge is -2.16. The smallest absolute Gasteiger partial charge is 0.342 e. The Hall–Kier alpha value is -2.24. The summed E-state index contributed by atoms with van der Waals surface area (Å²) in [5, 5.41) is 20.1. The average Bonchev–Trinajstić information content (AvgIpc) is 2.47. The molecular formula is C17H24O6. The third-order valence-corrected chi connectivity index (χ3v) is 3.38. The Labute approximate surface area is 136 Å². The summed E-state index contributed by atoms with van der Waals surface area (Å²) in [6, 6.07) is 0.974. The molecule has 0 saturated heterocycles. The SMILES string of the molecule is CCCCCc1c(C(=O)OCC)c(O)cc(O)c1C(=O)OCC. The molecule has 0 bridgehead atoms. The van der Waals surface area contributed by atoms with Crippen LogP contribution in [0.25, 0.3) is 0 Å². The zero-order chi connectivity index (χ0) is 17.4. The van der Waals surface area contributed by atoms with Gasteiger partial charge in [0.1, 0.15) is 22.6 Å². The second-order valence-electron chi connectivity index (χ2n) is 5.04. The third kappa shape index (κ3) is 4.61. The van der Waals surface area contributed by atoms with Crippen molar-refractivity contribution < 1.29 is 29.3 Å². The fourth-order valence-electron chi connectivity index (χ4n) is 2.37. The van der Waals surface area contributed by atoms with Gasteiger partial charge in [-0.1, -0.05) is 19.8 Å². The Balaban J connectivity index is 3.43. The lowest BCUT2D eigenvalue weighted by molar-refractivity contribution is 0.0518. The topological polar surface area (TPSA) is 93.1 Å². The van der Waals surface area contributed by atoms with E-state index < -0.39 is 23.4 Å². The van der Waals surface area contributed by atoms with Gasteiger partial charge in [-0.15, -0.1) is 0 Å². The summed E-state index contributed by atoms with van der Waals surface area (Å²) in [5.74, 6) is -2.25. The minimum Gasteiger partial charge on any atom is -0.507 e. The highest BCUT2D eigenvalue weighted by atomic mass is 16.5. The van der Waals surface area contributed by atoms with E-state index in [0.717, 1.165) is 18.9 Å². The standard InChI is InChI=1S/C17H24O6/c1-4-7-8-9-11-14(16(20)22-5-2)12(18)10-13(19)15(11)17(21)23-6-3/h10,18-19H,4-9H2,1-3H3. The van der Waals surface area contributed by atoms with Crippen molar-refractivity contribution in [3.05, 3.63) is 22.8 Å². The number of esters is 2. The molecule has 0 heterocycles. The lowest BCUT2D eigenvalue weighted by atomic mass is 9.94. The predicted molar refractivity (Wildman–Crippen MR) is 84.9 cm³/mol. The molecule has 0 aliphatic carbocycles. The van der Waals surface area contributed by atoms with Crippen LogP contribution >= 0.6 is 0 Å². The van der Waals surface area contributed by atoms with Crippen LogP contribution in [0.5, 0.6) is 11.5 Å². The molecular weight excluding hydrogens is 300 g/mol.